The van der Waals surface area contributed by atoms with Crippen molar-refractivity contribution in [3.8, 4) is 0 Å². The SMILES string of the molecule is Cc1ccc(C(=O)Nc2ccc([N+](=O)[O-])cc2SSc2cc([N+](=O)[O-])ccc2NC(=O)c2ccc(C)cc2)cc1. The minimum atomic E-state index is -0.555. The molecule has 202 valence electrons. The van der Waals surface area contributed by atoms with Crippen LogP contribution in [-0.4, -0.2) is 21.7 Å². The minimum absolute atomic E-state index is 0.191. The lowest BCUT2D eigenvalue weighted by atomic mass is 10.1. The van der Waals surface area contributed by atoms with Crippen molar-refractivity contribution in [1.82, 2.24) is 0 Å². The van der Waals surface area contributed by atoms with Crippen molar-refractivity contribution in [2.24, 2.45) is 0 Å². The van der Waals surface area contributed by atoms with Crippen molar-refractivity contribution in [3.63, 3.8) is 0 Å². The molecule has 0 spiro atoms. The summed E-state index contributed by atoms with van der Waals surface area (Å²) in [5, 5.41) is 28.4. The fraction of sp³-hybridized carbons (Fsp3) is 0.0714. The van der Waals surface area contributed by atoms with Crippen LogP contribution in [0.4, 0.5) is 22.7 Å². The summed E-state index contributed by atoms with van der Waals surface area (Å²) in [5.41, 5.74) is 3.06. The van der Waals surface area contributed by atoms with Gasteiger partial charge in [0.2, 0.25) is 0 Å². The number of anilines is 2. The molecule has 12 heteroatoms. The zero-order valence-electron chi connectivity index (χ0n) is 21.2. The van der Waals surface area contributed by atoms with Gasteiger partial charge in [0.25, 0.3) is 23.2 Å². The van der Waals surface area contributed by atoms with Crippen LogP contribution in [0, 0.1) is 34.1 Å². The number of non-ortho nitro benzene ring substituents is 2. The van der Waals surface area contributed by atoms with E-state index in [1.54, 1.807) is 48.5 Å². The van der Waals surface area contributed by atoms with E-state index in [4.69, 9.17) is 0 Å². The average molecular weight is 575 g/mol. The third-order valence-corrected chi connectivity index (χ3v) is 8.14. The molecule has 0 aliphatic rings. The van der Waals surface area contributed by atoms with Gasteiger partial charge in [-0.3, -0.25) is 29.8 Å². The van der Waals surface area contributed by atoms with Crippen molar-refractivity contribution < 1.29 is 19.4 Å². The third kappa shape index (κ3) is 7.04. The van der Waals surface area contributed by atoms with Gasteiger partial charge in [-0.2, -0.15) is 0 Å². The normalized spacial score (nSPS) is 10.6. The maximum Gasteiger partial charge on any atom is 0.270 e. The van der Waals surface area contributed by atoms with Crippen LogP contribution in [-0.2, 0) is 0 Å². The predicted molar refractivity (Wildman–Crippen MR) is 156 cm³/mol. The number of nitro benzene ring substituents is 2. The molecule has 0 saturated carbocycles. The number of hydrogen-bond donors (Lipinski definition) is 2. The summed E-state index contributed by atoms with van der Waals surface area (Å²) in [6.45, 7) is 3.80. The van der Waals surface area contributed by atoms with Crippen LogP contribution in [0.5, 0.6) is 0 Å². The number of carbonyl (C=O) groups excluding carboxylic acids is 2. The van der Waals surface area contributed by atoms with E-state index < -0.39 is 21.7 Å². The van der Waals surface area contributed by atoms with Crippen molar-refractivity contribution in [2.45, 2.75) is 23.6 Å². The Kier molecular flexibility index (Phi) is 8.82. The topological polar surface area (TPSA) is 144 Å². The second-order valence-corrected chi connectivity index (χ2v) is 10.9. The molecular weight excluding hydrogens is 552 g/mol. The first-order valence-electron chi connectivity index (χ1n) is 11.8. The first-order chi connectivity index (χ1) is 19.1. The third-order valence-electron chi connectivity index (χ3n) is 5.70. The maximum atomic E-state index is 12.8. The molecule has 4 aromatic rings. The second-order valence-electron chi connectivity index (χ2n) is 8.68. The van der Waals surface area contributed by atoms with E-state index in [2.05, 4.69) is 10.6 Å². The number of benzene rings is 4. The summed E-state index contributed by atoms with van der Waals surface area (Å²) in [6, 6.07) is 21.9. The van der Waals surface area contributed by atoms with Crippen molar-refractivity contribution in [2.75, 3.05) is 10.6 Å². The molecule has 0 aromatic heterocycles. The van der Waals surface area contributed by atoms with E-state index in [1.165, 1.54) is 36.4 Å². The molecule has 4 aromatic carbocycles. The Bertz CT molecular complexity index is 1490. The highest BCUT2D eigenvalue weighted by molar-refractivity contribution is 8.76. The molecule has 0 aliphatic heterocycles. The fourth-order valence-electron chi connectivity index (χ4n) is 3.48. The summed E-state index contributed by atoms with van der Waals surface area (Å²) >= 11 is 0. The molecule has 2 N–H and O–H groups in total. The largest absolute Gasteiger partial charge is 0.321 e. The summed E-state index contributed by atoms with van der Waals surface area (Å²) in [5.74, 6) is -0.802. The Morgan fingerprint density at radius 1 is 0.600 bits per heavy atom. The molecule has 0 unspecified atom stereocenters. The molecule has 0 fully saturated rings. The quantitative estimate of drug-likeness (QED) is 0.119. The lowest BCUT2D eigenvalue weighted by molar-refractivity contribution is -0.385. The van der Waals surface area contributed by atoms with Crippen LogP contribution < -0.4 is 10.6 Å². The van der Waals surface area contributed by atoms with Gasteiger partial charge in [-0.15, -0.1) is 0 Å². The lowest BCUT2D eigenvalue weighted by Crippen LogP contribution is -2.12. The molecule has 0 radical (unpaired) electrons. The number of hydrogen-bond acceptors (Lipinski definition) is 8. The summed E-state index contributed by atoms with van der Waals surface area (Å²) in [4.78, 5) is 48.2. The number of aryl methyl sites for hydroxylation is 2. The van der Waals surface area contributed by atoms with Crippen molar-refractivity contribution in [1.29, 1.82) is 0 Å². The van der Waals surface area contributed by atoms with Gasteiger partial charge in [0.1, 0.15) is 0 Å². The first-order valence-corrected chi connectivity index (χ1v) is 13.9. The predicted octanol–water partition coefficient (Wildman–Crippen LogP) is 7.42. The summed E-state index contributed by atoms with van der Waals surface area (Å²) < 4.78 is 0. The van der Waals surface area contributed by atoms with Gasteiger partial charge in [-0.1, -0.05) is 57.0 Å². The molecule has 0 atom stereocenters. The van der Waals surface area contributed by atoms with E-state index in [1.807, 2.05) is 13.8 Å². The van der Waals surface area contributed by atoms with Gasteiger partial charge < -0.3 is 10.6 Å². The Morgan fingerprint density at radius 3 is 1.27 bits per heavy atom. The van der Waals surface area contributed by atoms with E-state index in [9.17, 15) is 29.8 Å². The second kappa shape index (κ2) is 12.5. The lowest BCUT2D eigenvalue weighted by Gasteiger charge is -2.13. The molecular formula is C28H22N4O6S2. The number of nitro groups is 2. The van der Waals surface area contributed by atoms with Crippen LogP contribution in [0.3, 0.4) is 0 Å². The van der Waals surface area contributed by atoms with Gasteiger partial charge in [0.05, 0.1) is 21.2 Å². The Balaban J connectivity index is 1.62. The molecule has 40 heavy (non-hydrogen) atoms. The number of carbonyl (C=O) groups is 2. The van der Waals surface area contributed by atoms with E-state index in [0.29, 0.717) is 32.3 Å². The van der Waals surface area contributed by atoms with Crippen LogP contribution in [0.2, 0.25) is 0 Å². The maximum absolute atomic E-state index is 12.8. The number of amides is 2. The summed E-state index contributed by atoms with van der Waals surface area (Å²) in [6.07, 6.45) is 0. The Labute approximate surface area is 236 Å². The molecule has 10 nitrogen and oxygen atoms in total. The highest BCUT2D eigenvalue weighted by Gasteiger charge is 2.18. The zero-order chi connectivity index (χ0) is 28.8. The monoisotopic (exact) mass is 574 g/mol. The van der Waals surface area contributed by atoms with Crippen LogP contribution in [0.15, 0.2) is 94.7 Å². The van der Waals surface area contributed by atoms with E-state index in [-0.39, 0.29) is 11.4 Å². The van der Waals surface area contributed by atoms with Crippen molar-refractivity contribution in [3.05, 3.63) is 127 Å². The van der Waals surface area contributed by atoms with Gasteiger partial charge in [0.15, 0.2) is 0 Å². The van der Waals surface area contributed by atoms with E-state index in [0.717, 1.165) is 32.7 Å². The number of nitrogens with one attached hydrogen (secondary N) is 2. The fourth-order valence-corrected chi connectivity index (χ4v) is 5.78. The smallest absolute Gasteiger partial charge is 0.270 e. The van der Waals surface area contributed by atoms with E-state index >= 15 is 0 Å². The van der Waals surface area contributed by atoms with Gasteiger partial charge >= 0.3 is 0 Å². The first kappa shape index (κ1) is 28.3. The van der Waals surface area contributed by atoms with Crippen molar-refractivity contribution >= 4 is 56.2 Å². The molecule has 0 saturated heterocycles. The Morgan fingerprint density at radius 2 is 0.950 bits per heavy atom. The Hall–Kier alpha value is -4.68. The minimum Gasteiger partial charge on any atom is -0.321 e. The highest BCUT2D eigenvalue weighted by Crippen LogP contribution is 2.45. The number of rotatable bonds is 9. The molecule has 4 rings (SSSR count). The highest BCUT2D eigenvalue weighted by atomic mass is 33.1. The standard InChI is InChI=1S/C28H22N4O6S2/c1-17-3-7-19(8-4-17)27(33)29-23-13-11-21(31(35)36)15-25(23)39-40-26-16-22(32(37)38)12-14-24(26)30-28(34)20-9-5-18(2)6-10-20/h3-16H,1-2H3,(H,29,33)(H,30,34). The zero-order valence-corrected chi connectivity index (χ0v) is 22.9. The van der Waals surface area contributed by atoms with Gasteiger partial charge in [0, 0.05) is 45.2 Å². The number of nitrogens with zero attached hydrogens (tertiary/aromatic N) is 2. The van der Waals surface area contributed by atoms with Crippen LogP contribution >= 0.6 is 21.6 Å². The van der Waals surface area contributed by atoms with Crippen LogP contribution in [0.25, 0.3) is 0 Å². The molecule has 0 bridgehead atoms. The van der Waals surface area contributed by atoms with Crippen LogP contribution in [0.1, 0.15) is 31.8 Å². The molecule has 2 amide bonds. The molecule has 0 aliphatic carbocycles. The summed E-state index contributed by atoms with van der Waals surface area (Å²) in [7, 11) is 2.11. The average Bonchev–Trinajstić information content (AvgIpc) is 2.93. The van der Waals surface area contributed by atoms with Gasteiger partial charge in [-0.05, 0) is 50.2 Å². The molecule has 0 heterocycles. The van der Waals surface area contributed by atoms with Gasteiger partial charge in [-0.25, -0.2) is 0 Å².